The van der Waals surface area contributed by atoms with Gasteiger partial charge in [-0.15, -0.1) is 5.10 Å². The van der Waals surface area contributed by atoms with Crippen LogP contribution in [0.15, 0.2) is 41.1 Å². The SMILES string of the molecule is C[C@H](N)COc1ccc2ncc(-c3cc4c(N5CC[C@H](N(C)C)C5)nccc4o3)n2n1. The first kappa shape index (κ1) is 19.8. The van der Waals surface area contributed by atoms with E-state index in [-0.39, 0.29) is 6.04 Å². The molecule has 5 heterocycles. The summed E-state index contributed by atoms with van der Waals surface area (Å²) in [4.78, 5) is 13.7. The molecule has 0 aromatic carbocycles. The van der Waals surface area contributed by atoms with Gasteiger partial charge in [-0.2, -0.15) is 0 Å². The summed E-state index contributed by atoms with van der Waals surface area (Å²) in [6, 6.07) is 8.05. The molecule has 5 rings (SSSR count). The number of hydrogen-bond acceptors (Lipinski definition) is 8. The first-order valence-electron chi connectivity index (χ1n) is 10.5. The number of hydrogen-bond donors (Lipinski definition) is 1. The van der Waals surface area contributed by atoms with Gasteiger partial charge in [0.15, 0.2) is 11.4 Å². The number of pyridine rings is 1. The number of imidazole rings is 1. The van der Waals surface area contributed by atoms with Crippen molar-refractivity contribution in [1.29, 1.82) is 0 Å². The van der Waals surface area contributed by atoms with Crippen LogP contribution in [0, 0.1) is 0 Å². The van der Waals surface area contributed by atoms with E-state index in [1.807, 2.05) is 25.1 Å². The smallest absolute Gasteiger partial charge is 0.231 e. The Bertz CT molecular complexity index is 1210. The third-order valence-electron chi connectivity index (χ3n) is 5.70. The van der Waals surface area contributed by atoms with Crippen molar-refractivity contribution >= 4 is 22.4 Å². The van der Waals surface area contributed by atoms with E-state index in [1.165, 1.54) is 0 Å². The number of nitrogens with zero attached hydrogens (tertiary/aromatic N) is 6. The van der Waals surface area contributed by atoms with Crippen LogP contribution in [-0.2, 0) is 0 Å². The molecule has 1 aliphatic heterocycles. The summed E-state index contributed by atoms with van der Waals surface area (Å²) in [5.74, 6) is 2.14. The summed E-state index contributed by atoms with van der Waals surface area (Å²) in [7, 11) is 4.25. The van der Waals surface area contributed by atoms with E-state index in [1.54, 1.807) is 23.0 Å². The molecule has 0 amide bonds. The zero-order valence-corrected chi connectivity index (χ0v) is 18.0. The predicted octanol–water partition coefficient (Wildman–Crippen LogP) is 2.40. The van der Waals surface area contributed by atoms with Crippen LogP contribution in [0.4, 0.5) is 5.82 Å². The van der Waals surface area contributed by atoms with E-state index in [0.29, 0.717) is 24.3 Å². The summed E-state index contributed by atoms with van der Waals surface area (Å²) in [5, 5.41) is 5.56. The third-order valence-corrected chi connectivity index (χ3v) is 5.70. The minimum Gasteiger partial charge on any atom is -0.475 e. The van der Waals surface area contributed by atoms with Crippen LogP contribution in [0.2, 0.25) is 0 Å². The lowest BCUT2D eigenvalue weighted by Gasteiger charge is -2.21. The van der Waals surface area contributed by atoms with Crippen LogP contribution in [0.5, 0.6) is 5.88 Å². The summed E-state index contributed by atoms with van der Waals surface area (Å²) >= 11 is 0. The highest BCUT2D eigenvalue weighted by Crippen LogP contribution is 2.34. The molecule has 1 saturated heterocycles. The van der Waals surface area contributed by atoms with Gasteiger partial charge in [-0.1, -0.05) is 0 Å². The van der Waals surface area contributed by atoms with Gasteiger partial charge in [-0.3, -0.25) is 0 Å². The predicted molar refractivity (Wildman–Crippen MR) is 119 cm³/mol. The maximum atomic E-state index is 6.19. The highest BCUT2D eigenvalue weighted by Gasteiger charge is 2.27. The minimum atomic E-state index is -0.0706. The Labute approximate surface area is 180 Å². The van der Waals surface area contributed by atoms with Crippen LogP contribution in [0.3, 0.4) is 0 Å². The van der Waals surface area contributed by atoms with Crippen molar-refractivity contribution in [1.82, 2.24) is 24.5 Å². The van der Waals surface area contributed by atoms with Crippen LogP contribution in [-0.4, -0.2) is 70.4 Å². The Balaban J connectivity index is 1.51. The first-order chi connectivity index (χ1) is 15.0. The number of furan rings is 1. The largest absolute Gasteiger partial charge is 0.475 e. The average molecular weight is 422 g/mol. The van der Waals surface area contributed by atoms with Crippen LogP contribution >= 0.6 is 0 Å². The Hall–Kier alpha value is -3.17. The van der Waals surface area contributed by atoms with Crippen molar-refractivity contribution in [3.8, 4) is 17.3 Å². The standard InChI is InChI=1S/C22H27N7O2/c1-14(23)13-30-21-5-4-20-25-11-17(29(20)26-21)19-10-16-18(31-19)6-8-24-22(16)28-9-7-15(12-28)27(2)3/h4-6,8,10-11,14-15H,7,9,12-13,23H2,1-3H3/t14-,15-/m0/s1. The van der Waals surface area contributed by atoms with E-state index in [2.05, 4.69) is 39.0 Å². The van der Waals surface area contributed by atoms with Gasteiger partial charge in [0.05, 0.1) is 11.6 Å². The van der Waals surface area contributed by atoms with Gasteiger partial charge in [0.2, 0.25) is 5.88 Å². The third kappa shape index (κ3) is 3.70. The molecule has 1 aliphatic rings. The monoisotopic (exact) mass is 421 g/mol. The fourth-order valence-electron chi connectivity index (χ4n) is 4.00. The fraction of sp³-hybridized carbons (Fsp3) is 0.409. The van der Waals surface area contributed by atoms with Crippen molar-refractivity contribution in [2.75, 3.05) is 38.7 Å². The van der Waals surface area contributed by atoms with Gasteiger partial charge in [-0.05, 0) is 45.6 Å². The zero-order valence-electron chi connectivity index (χ0n) is 18.0. The Morgan fingerprint density at radius 3 is 2.94 bits per heavy atom. The summed E-state index contributed by atoms with van der Waals surface area (Å²) in [6.07, 6.45) is 4.69. The average Bonchev–Trinajstić information content (AvgIpc) is 3.48. The lowest BCUT2D eigenvalue weighted by Crippen LogP contribution is -2.31. The number of nitrogens with two attached hydrogens (primary N) is 1. The minimum absolute atomic E-state index is 0.0706. The summed E-state index contributed by atoms with van der Waals surface area (Å²) in [5.41, 5.74) is 8.07. The molecule has 2 N–H and O–H groups in total. The van der Waals surface area contributed by atoms with Crippen molar-refractivity contribution in [2.24, 2.45) is 5.73 Å². The molecule has 4 aromatic heterocycles. The number of aromatic nitrogens is 4. The molecule has 2 atom stereocenters. The molecule has 9 heteroatoms. The van der Waals surface area contributed by atoms with Gasteiger partial charge in [-0.25, -0.2) is 14.5 Å². The maximum absolute atomic E-state index is 6.19. The molecule has 0 saturated carbocycles. The molecular weight excluding hydrogens is 394 g/mol. The molecule has 0 bridgehead atoms. The second-order valence-corrected chi connectivity index (χ2v) is 8.38. The topological polar surface area (TPSA) is 98.0 Å². The molecular formula is C22H27N7O2. The molecule has 0 radical (unpaired) electrons. The van der Waals surface area contributed by atoms with E-state index in [4.69, 9.17) is 14.9 Å². The van der Waals surface area contributed by atoms with Crippen LogP contribution in [0.1, 0.15) is 13.3 Å². The molecule has 1 fully saturated rings. The molecule has 9 nitrogen and oxygen atoms in total. The van der Waals surface area contributed by atoms with Crippen LogP contribution < -0.4 is 15.4 Å². The molecule has 0 spiro atoms. The van der Waals surface area contributed by atoms with Gasteiger partial charge < -0.3 is 24.7 Å². The highest BCUT2D eigenvalue weighted by molar-refractivity contribution is 5.92. The number of likely N-dealkylation sites (N-methyl/N-ethyl adjacent to an activating group) is 1. The number of fused-ring (bicyclic) bond motifs is 2. The summed E-state index contributed by atoms with van der Waals surface area (Å²) < 4.78 is 13.6. The van der Waals surface area contributed by atoms with Gasteiger partial charge in [0, 0.05) is 37.4 Å². The van der Waals surface area contributed by atoms with Gasteiger partial charge in [0.1, 0.15) is 23.7 Å². The first-order valence-corrected chi connectivity index (χ1v) is 10.5. The Morgan fingerprint density at radius 1 is 1.29 bits per heavy atom. The highest BCUT2D eigenvalue weighted by atomic mass is 16.5. The van der Waals surface area contributed by atoms with Gasteiger partial charge in [0.25, 0.3) is 0 Å². The van der Waals surface area contributed by atoms with Crippen molar-refractivity contribution < 1.29 is 9.15 Å². The quantitative estimate of drug-likeness (QED) is 0.507. The molecule has 31 heavy (non-hydrogen) atoms. The lowest BCUT2D eigenvalue weighted by molar-refractivity contribution is 0.281. The van der Waals surface area contributed by atoms with Crippen LogP contribution in [0.25, 0.3) is 28.1 Å². The number of ether oxygens (including phenoxy) is 1. The van der Waals surface area contributed by atoms with E-state index < -0.39 is 0 Å². The Morgan fingerprint density at radius 2 is 2.16 bits per heavy atom. The number of anilines is 1. The van der Waals surface area contributed by atoms with Crippen molar-refractivity contribution in [3.63, 3.8) is 0 Å². The maximum Gasteiger partial charge on any atom is 0.231 e. The van der Waals surface area contributed by atoms with E-state index >= 15 is 0 Å². The second-order valence-electron chi connectivity index (χ2n) is 8.38. The molecule has 0 aliphatic carbocycles. The second kappa shape index (κ2) is 7.82. The van der Waals surface area contributed by atoms with E-state index in [9.17, 15) is 0 Å². The van der Waals surface area contributed by atoms with Gasteiger partial charge >= 0.3 is 0 Å². The lowest BCUT2D eigenvalue weighted by atomic mass is 10.2. The summed E-state index contributed by atoms with van der Waals surface area (Å²) in [6.45, 7) is 4.22. The number of rotatable bonds is 6. The molecule has 4 aromatic rings. The van der Waals surface area contributed by atoms with Crippen molar-refractivity contribution in [3.05, 3.63) is 36.7 Å². The molecule has 0 unspecified atom stereocenters. The fourth-order valence-corrected chi connectivity index (χ4v) is 4.00. The Kier molecular flexibility index (Phi) is 4.99. The zero-order chi connectivity index (χ0) is 21.5. The molecule has 162 valence electrons. The van der Waals surface area contributed by atoms with Crippen molar-refractivity contribution in [2.45, 2.75) is 25.4 Å². The normalized spacial score (nSPS) is 17.8. The van der Waals surface area contributed by atoms with E-state index in [0.717, 1.165) is 47.6 Å².